The molecule has 0 unspecified atom stereocenters. The highest BCUT2D eigenvalue weighted by atomic mass is 16.1. The van der Waals surface area contributed by atoms with Crippen molar-refractivity contribution in [2.24, 2.45) is 5.73 Å². The van der Waals surface area contributed by atoms with Crippen LogP contribution in [0.4, 0.5) is 5.82 Å². The molecule has 2 aromatic heterocycles. The van der Waals surface area contributed by atoms with Gasteiger partial charge in [0.1, 0.15) is 0 Å². The van der Waals surface area contributed by atoms with E-state index in [9.17, 15) is 9.59 Å². The van der Waals surface area contributed by atoms with Gasteiger partial charge in [0.2, 0.25) is 0 Å². The molecule has 0 saturated carbocycles. The summed E-state index contributed by atoms with van der Waals surface area (Å²) < 4.78 is 1.57. The molecule has 0 aliphatic carbocycles. The first kappa shape index (κ1) is 13.7. The molecule has 0 fully saturated rings. The van der Waals surface area contributed by atoms with Crippen molar-refractivity contribution in [3.05, 3.63) is 40.6 Å². The zero-order valence-corrected chi connectivity index (χ0v) is 11.2. The maximum atomic E-state index is 11.7. The van der Waals surface area contributed by atoms with Crippen LogP contribution in [0.1, 0.15) is 30.4 Å². The van der Waals surface area contributed by atoms with Gasteiger partial charge >= 0.3 is 0 Å². The Morgan fingerprint density at radius 1 is 1.35 bits per heavy atom. The van der Waals surface area contributed by atoms with Crippen LogP contribution in [0.25, 0.3) is 11.3 Å². The summed E-state index contributed by atoms with van der Waals surface area (Å²) in [5, 5.41) is 0. The van der Waals surface area contributed by atoms with Crippen LogP contribution in [0.15, 0.2) is 29.3 Å². The monoisotopic (exact) mass is 273 g/mol. The standard InChI is InChI=1S/C13H15N5O2/c1-7(2)18-6-8(3-4-10(18)19)9-5-16-12(14)11(17-9)13(15)20/h3-7H,1-2H3,(H2,14,16)(H2,15,20). The highest BCUT2D eigenvalue weighted by molar-refractivity contribution is 5.95. The fraction of sp³-hybridized carbons (Fsp3) is 0.231. The Labute approximate surface area is 115 Å². The molecule has 2 rings (SSSR count). The Bertz CT molecular complexity index is 721. The third-order valence-electron chi connectivity index (χ3n) is 2.82. The van der Waals surface area contributed by atoms with E-state index in [1.807, 2.05) is 13.8 Å². The number of aromatic nitrogens is 3. The number of pyridine rings is 1. The highest BCUT2D eigenvalue weighted by Gasteiger charge is 2.12. The Hall–Kier alpha value is -2.70. The van der Waals surface area contributed by atoms with Gasteiger partial charge in [-0.2, -0.15) is 0 Å². The molecule has 0 spiro atoms. The lowest BCUT2D eigenvalue weighted by Gasteiger charge is -2.11. The first-order valence-corrected chi connectivity index (χ1v) is 6.05. The minimum Gasteiger partial charge on any atom is -0.382 e. The molecule has 4 N–H and O–H groups in total. The Morgan fingerprint density at radius 2 is 2.05 bits per heavy atom. The number of rotatable bonds is 3. The number of amides is 1. The Kier molecular flexibility index (Phi) is 3.51. The first-order chi connectivity index (χ1) is 9.40. The summed E-state index contributed by atoms with van der Waals surface area (Å²) in [5.74, 6) is -0.757. The van der Waals surface area contributed by atoms with Gasteiger partial charge in [0.25, 0.3) is 11.5 Å². The van der Waals surface area contributed by atoms with Gasteiger partial charge in [-0.15, -0.1) is 0 Å². The fourth-order valence-electron chi connectivity index (χ4n) is 1.78. The van der Waals surface area contributed by atoms with E-state index in [4.69, 9.17) is 11.5 Å². The molecular weight excluding hydrogens is 258 g/mol. The summed E-state index contributed by atoms with van der Waals surface area (Å²) in [5.41, 5.74) is 11.6. The second-order valence-electron chi connectivity index (χ2n) is 4.61. The van der Waals surface area contributed by atoms with Crippen molar-refractivity contribution in [2.45, 2.75) is 19.9 Å². The average Bonchev–Trinajstić information content (AvgIpc) is 2.39. The smallest absolute Gasteiger partial charge is 0.271 e. The van der Waals surface area contributed by atoms with Crippen molar-refractivity contribution in [1.82, 2.24) is 14.5 Å². The first-order valence-electron chi connectivity index (χ1n) is 6.05. The molecule has 0 aliphatic heterocycles. The van der Waals surface area contributed by atoms with E-state index in [-0.39, 0.29) is 23.1 Å². The maximum Gasteiger partial charge on any atom is 0.271 e. The van der Waals surface area contributed by atoms with E-state index in [0.29, 0.717) is 11.3 Å². The van der Waals surface area contributed by atoms with Gasteiger partial charge in [-0.05, 0) is 19.9 Å². The molecule has 20 heavy (non-hydrogen) atoms. The molecule has 104 valence electrons. The van der Waals surface area contributed by atoms with E-state index in [1.165, 1.54) is 12.3 Å². The Morgan fingerprint density at radius 3 is 2.65 bits per heavy atom. The van der Waals surface area contributed by atoms with E-state index in [1.54, 1.807) is 16.8 Å². The molecule has 0 atom stereocenters. The molecule has 0 radical (unpaired) electrons. The van der Waals surface area contributed by atoms with E-state index >= 15 is 0 Å². The number of carbonyl (C=O) groups is 1. The third kappa shape index (κ3) is 2.51. The molecule has 2 heterocycles. The largest absolute Gasteiger partial charge is 0.382 e. The molecular formula is C13H15N5O2. The number of nitrogen functional groups attached to an aromatic ring is 1. The average molecular weight is 273 g/mol. The zero-order chi connectivity index (χ0) is 14.9. The predicted octanol–water partition coefficient (Wildman–Crippen LogP) is 0.567. The number of carbonyl (C=O) groups excluding carboxylic acids is 1. The van der Waals surface area contributed by atoms with Crippen LogP contribution < -0.4 is 17.0 Å². The number of primary amides is 1. The number of anilines is 1. The van der Waals surface area contributed by atoms with Gasteiger partial charge in [0.15, 0.2) is 11.5 Å². The van der Waals surface area contributed by atoms with Crippen molar-refractivity contribution in [2.75, 3.05) is 5.73 Å². The summed E-state index contributed by atoms with van der Waals surface area (Å²) in [6, 6.07) is 3.07. The van der Waals surface area contributed by atoms with Crippen molar-refractivity contribution >= 4 is 11.7 Å². The summed E-state index contributed by atoms with van der Waals surface area (Å²) in [6.07, 6.45) is 3.10. The summed E-state index contributed by atoms with van der Waals surface area (Å²) in [7, 11) is 0. The molecule has 2 aromatic rings. The van der Waals surface area contributed by atoms with Crippen molar-refractivity contribution < 1.29 is 4.79 Å². The van der Waals surface area contributed by atoms with E-state index < -0.39 is 5.91 Å². The molecule has 7 heteroatoms. The van der Waals surface area contributed by atoms with E-state index in [2.05, 4.69) is 9.97 Å². The van der Waals surface area contributed by atoms with Gasteiger partial charge in [0, 0.05) is 23.9 Å². The zero-order valence-electron chi connectivity index (χ0n) is 11.2. The lowest BCUT2D eigenvalue weighted by Crippen LogP contribution is -2.20. The fourth-order valence-corrected chi connectivity index (χ4v) is 1.78. The second kappa shape index (κ2) is 5.12. The number of nitrogens with two attached hydrogens (primary N) is 2. The number of hydrogen-bond donors (Lipinski definition) is 2. The minimum atomic E-state index is -0.742. The van der Waals surface area contributed by atoms with Crippen LogP contribution in [-0.2, 0) is 0 Å². The summed E-state index contributed by atoms with van der Waals surface area (Å²) >= 11 is 0. The van der Waals surface area contributed by atoms with Crippen LogP contribution in [0, 0.1) is 0 Å². The number of nitrogens with zero attached hydrogens (tertiary/aromatic N) is 3. The van der Waals surface area contributed by atoms with E-state index in [0.717, 1.165) is 0 Å². The second-order valence-corrected chi connectivity index (χ2v) is 4.61. The topological polar surface area (TPSA) is 117 Å². The van der Waals surface area contributed by atoms with Crippen LogP contribution in [0.3, 0.4) is 0 Å². The quantitative estimate of drug-likeness (QED) is 0.847. The molecule has 1 amide bonds. The lowest BCUT2D eigenvalue weighted by atomic mass is 10.2. The normalized spacial score (nSPS) is 10.8. The van der Waals surface area contributed by atoms with Crippen LogP contribution in [0.2, 0.25) is 0 Å². The van der Waals surface area contributed by atoms with Crippen molar-refractivity contribution in [3.8, 4) is 11.3 Å². The van der Waals surface area contributed by atoms with Crippen LogP contribution in [-0.4, -0.2) is 20.4 Å². The molecule has 0 aromatic carbocycles. The van der Waals surface area contributed by atoms with Gasteiger partial charge in [-0.25, -0.2) is 9.97 Å². The van der Waals surface area contributed by atoms with Crippen molar-refractivity contribution in [3.63, 3.8) is 0 Å². The number of hydrogen-bond acceptors (Lipinski definition) is 5. The van der Waals surface area contributed by atoms with Gasteiger partial charge in [0.05, 0.1) is 11.9 Å². The highest BCUT2D eigenvalue weighted by Crippen LogP contribution is 2.18. The molecule has 0 saturated heterocycles. The summed E-state index contributed by atoms with van der Waals surface area (Å²) in [6.45, 7) is 3.79. The van der Waals surface area contributed by atoms with Gasteiger partial charge in [-0.1, -0.05) is 0 Å². The van der Waals surface area contributed by atoms with Crippen LogP contribution in [0.5, 0.6) is 0 Å². The molecule has 7 nitrogen and oxygen atoms in total. The summed E-state index contributed by atoms with van der Waals surface area (Å²) in [4.78, 5) is 30.9. The lowest BCUT2D eigenvalue weighted by molar-refractivity contribution is 0.0996. The third-order valence-corrected chi connectivity index (χ3v) is 2.82. The minimum absolute atomic E-state index is 0.0137. The molecule has 0 aliphatic rings. The Balaban J connectivity index is 2.57. The van der Waals surface area contributed by atoms with Gasteiger partial charge < -0.3 is 16.0 Å². The van der Waals surface area contributed by atoms with Crippen molar-refractivity contribution in [1.29, 1.82) is 0 Å². The molecule has 0 bridgehead atoms. The van der Waals surface area contributed by atoms with Gasteiger partial charge in [-0.3, -0.25) is 9.59 Å². The predicted molar refractivity (Wildman–Crippen MR) is 75.0 cm³/mol. The maximum absolute atomic E-state index is 11.7. The van der Waals surface area contributed by atoms with Crippen LogP contribution >= 0.6 is 0 Å². The SMILES string of the molecule is CC(C)n1cc(-c2cnc(N)c(C(N)=O)n2)ccc1=O.